The van der Waals surface area contributed by atoms with Crippen molar-refractivity contribution in [2.45, 2.75) is 13.5 Å². The molecule has 0 aliphatic heterocycles. The van der Waals surface area contributed by atoms with Crippen LogP contribution in [0.25, 0.3) is 0 Å². The highest BCUT2D eigenvalue weighted by molar-refractivity contribution is 9.10. The van der Waals surface area contributed by atoms with E-state index in [1.54, 1.807) is 6.26 Å². The van der Waals surface area contributed by atoms with Crippen molar-refractivity contribution in [3.8, 4) is 0 Å². The van der Waals surface area contributed by atoms with Gasteiger partial charge in [-0.1, -0.05) is 11.6 Å². The zero-order chi connectivity index (χ0) is 11.5. The van der Waals surface area contributed by atoms with Crippen molar-refractivity contribution in [2.75, 3.05) is 5.32 Å². The van der Waals surface area contributed by atoms with Gasteiger partial charge in [-0.15, -0.1) is 0 Å². The lowest BCUT2D eigenvalue weighted by atomic mass is 10.2. The number of halogens is 2. The third-order valence-electron chi connectivity index (χ3n) is 2.34. The predicted octanol–water partition coefficient (Wildman–Crippen LogP) is 4.62. The molecule has 0 fully saturated rings. The number of furan rings is 1. The largest absolute Gasteiger partial charge is 0.467 e. The van der Waals surface area contributed by atoms with Crippen LogP contribution in [0, 0.1) is 6.92 Å². The van der Waals surface area contributed by atoms with Crippen LogP contribution in [-0.2, 0) is 6.54 Å². The molecule has 0 amide bonds. The van der Waals surface area contributed by atoms with Crippen LogP contribution in [-0.4, -0.2) is 0 Å². The van der Waals surface area contributed by atoms with Crippen LogP contribution in [0.1, 0.15) is 11.3 Å². The normalized spacial score (nSPS) is 10.4. The monoisotopic (exact) mass is 299 g/mol. The zero-order valence-corrected chi connectivity index (χ0v) is 11.1. The Balaban J connectivity index is 2.05. The Morgan fingerprint density at radius 3 is 2.81 bits per heavy atom. The van der Waals surface area contributed by atoms with Crippen LogP contribution >= 0.6 is 27.5 Å². The molecule has 0 aliphatic carbocycles. The van der Waals surface area contributed by atoms with Crippen LogP contribution < -0.4 is 5.32 Å². The van der Waals surface area contributed by atoms with Crippen molar-refractivity contribution in [1.82, 2.24) is 0 Å². The summed E-state index contributed by atoms with van der Waals surface area (Å²) in [6.45, 7) is 2.70. The molecule has 1 N–H and O–H groups in total. The maximum atomic E-state index is 5.91. The fourth-order valence-corrected chi connectivity index (χ4v) is 1.87. The summed E-state index contributed by atoms with van der Waals surface area (Å²) >= 11 is 9.30. The van der Waals surface area contributed by atoms with Crippen LogP contribution in [0.5, 0.6) is 0 Å². The summed E-state index contributed by atoms with van der Waals surface area (Å²) in [5.41, 5.74) is 2.16. The average molecular weight is 301 g/mol. The van der Waals surface area contributed by atoms with E-state index in [4.69, 9.17) is 16.0 Å². The maximum absolute atomic E-state index is 5.91. The van der Waals surface area contributed by atoms with E-state index >= 15 is 0 Å². The second-order valence-electron chi connectivity index (χ2n) is 3.51. The number of hydrogen-bond donors (Lipinski definition) is 1. The van der Waals surface area contributed by atoms with Gasteiger partial charge in [0.05, 0.1) is 17.8 Å². The van der Waals surface area contributed by atoms with Crippen molar-refractivity contribution in [3.05, 3.63) is 51.3 Å². The van der Waals surface area contributed by atoms with Crippen molar-refractivity contribution in [1.29, 1.82) is 0 Å². The second-order valence-corrected chi connectivity index (χ2v) is 4.77. The minimum absolute atomic E-state index is 0.674. The Kier molecular flexibility index (Phi) is 3.56. The topological polar surface area (TPSA) is 25.2 Å². The molecule has 84 valence electrons. The summed E-state index contributed by atoms with van der Waals surface area (Å²) in [6, 6.07) is 7.68. The van der Waals surface area contributed by atoms with Gasteiger partial charge in [0, 0.05) is 10.2 Å². The third-order valence-corrected chi connectivity index (χ3v) is 3.55. The van der Waals surface area contributed by atoms with Gasteiger partial charge >= 0.3 is 0 Å². The lowest BCUT2D eigenvalue weighted by Gasteiger charge is -2.06. The van der Waals surface area contributed by atoms with Gasteiger partial charge in [-0.05, 0) is 52.7 Å². The second kappa shape index (κ2) is 4.93. The van der Waals surface area contributed by atoms with Crippen LogP contribution in [0.3, 0.4) is 0 Å². The van der Waals surface area contributed by atoms with E-state index in [0.717, 1.165) is 21.5 Å². The van der Waals surface area contributed by atoms with Crippen molar-refractivity contribution >= 4 is 33.2 Å². The number of aryl methyl sites for hydroxylation is 1. The molecule has 0 saturated heterocycles. The first kappa shape index (κ1) is 11.6. The van der Waals surface area contributed by atoms with Gasteiger partial charge in [0.25, 0.3) is 0 Å². The van der Waals surface area contributed by atoms with E-state index in [9.17, 15) is 0 Å². The lowest BCUT2D eigenvalue weighted by Crippen LogP contribution is -1.99. The number of rotatable bonds is 3. The molecule has 16 heavy (non-hydrogen) atoms. The molecule has 0 saturated carbocycles. The Hall–Kier alpha value is -0.930. The first-order valence-corrected chi connectivity index (χ1v) is 6.06. The molecule has 0 bridgehead atoms. The van der Waals surface area contributed by atoms with E-state index in [1.165, 1.54) is 0 Å². The Labute approximate surface area is 108 Å². The third kappa shape index (κ3) is 2.60. The van der Waals surface area contributed by atoms with Crippen LogP contribution in [0.4, 0.5) is 5.69 Å². The number of benzene rings is 1. The molecule has 1 aromatic heterocycles. The molecule has 0 unspecified atom stereocenters. The van der Waals surface area contributed by atoms with Gasteiger partial charge in [0.2, 0.25) is 0 Å². The zero-order valence-electron chi connectivity index (χ0n) is 8.76. The summed E-state index contributed by atoms with van der Waals surface area (Å²) in [5, 5.41) is 3.98. The van der Waals surface area contributed by atoms with Gasteiger partial charge in [-0.2, -0.15) is 0 Å². The molecule has 0 aliphatic rings. The van der Waals surface area contributed by atoms with E-state index < -0.39 is 0 Å². The average Bonchev–Trinajstić information content (AvgIpc) is 2.66. The fraction of sp³-hybridized carbons (Fsp3) is 0.167. The highest BCUT2D eigenvalue weighted by Crippen LogP contribution is 2.25. The van der Waals surface area contributed by atoms with Gasteiger partial charge in [-0.25, -0.2) is 0 Å². The number of nitrogens with one attached hydrogen (secondary N) is 1. The van der Waals surface area contributed by atoms with E-state index in [2.05, 4.69) is 21.2 Å². The van der Waals surface area contributed by atoms with E-state index in [-0.39, 0.29) is 0 Å². The quantitative estimate of drug-likeness (QED) is 0.895. The maximum Gasteiger partial charge on any atom is 0.125 e. The van der Waals surface area contributed by atoms with Gasteiger partial charge in [0.15, 0.2) is 0 Å². The first-order chi connectivity index (χ1) is 7.66. The highest BCUT2D eigenvalue weighted by Gasteiger charge is 2.02. The van der Waals surface area contributed by atoms with Gasteiger partial charge in [-0.3, -0.25) is 0 Å². The SMILES string of the molecule is Cc1ccoc1CNc1ccc(Cl)c(Br)c1. The predicted molar refractivity (Wildman–Crippen MR) is 69.9 cm³/mol. The molecule has 2 aromatic rings. The van der Waals surface area contributed by atoms with Gasteiger partial charge < -0.3 is 9.73 Å². The van der Waals surface area contributed by atoms with Gasteiger partial charge in [0.1, 0.15) is 5.76 Å². The fourth-order valence-electron chi connectivity index (χ4n) is 1.37. The highest BCUT2D eigenvalue weighted by atomic mass is 79.9. The molecular formula is C12H11BrClNO. The minimum atomic E-state index is 0.674. The number of anilines is 1. The van der Waals surface area contributed by atoms with Crippen LogP contribution in [0.2, 0.25) is 5.02 Å². The molecule has 1 aromatic carbocycles. The van der Waals surface area contributed by atoms with Crippen molar-refractivity contribution in [3.63, 3.8) is 0 Å². The summed E-state index contributed by atoms with van der Waals surface area (Å²) in [5.74, 6) is 0.950. The Morgan fingerprint density at radius 1 is 1.38 bits per heavy atom. The lowest BCUT2D eigenvalue weighted by molar-refractivity contribution is 0.515. The standard InChI is InChI=1S/C12H11BrClNO/c1-8-4-5-16-12(8)7-15-9-2-3-11(14)10(13)6-9/h2-6,15H,7H2,1H3. The molecule has 0 atom stereocenters. The Morgan fingerprint density at radius 2 is 2.19 bits per heavy atom. The van der Waals surface area contributed by atoms with Crippen LogP contribution in [0.15, 0.2) is 39.4 Å². The molecule has 0 radical (unpaired) electrons. The van der Waals surface area contributed by atoms with Crippen molar-refractivity contribution in [2.24, 2.45) is 0 Å². The molecule has 1 heterocycles. The summed E-state index contributed by atoms with van der Waals surface area (Å²) in [6.07, 6.45) is 1.70. The summed E-state index contributed by atoms with van der Waals surface area (Å²) < 4.78 is 6.22. The molecule has 2 rings (SSSR count). The van der Waals surface area contributed by atoms with E-state index in [0.29, 0.717) is 11.6 Å². The summed E-state index contributed by atoms with van der Waals surface area (Å²) in [4.78, 5) is 0. The molecule has 2 nitrogen and oxygen atoms in total. The Bertz CT molecular complexity index is 496. The first-order valence-electron chi connectivity index (χ1n) is 4.88. The van der Waals surface area contributed by atoms with E-state index in [1.807, 2.05) is 31.2 Å². The smallest absolute Gasteiger partial charge is 0.125 e. The molecular weight excluding hydrogens is 289 g/mol. The molecule has 4 heteroatoms. The summed E-state index contributed by atoms with van der Waals surface area (Å²) in [7, 11) is 0. The minimum Gasteiger partial charge on any atom is -0.467 e. The molecule has 0 spiro atoms. The number of hydrogen-bond acceptors (Lipinski definition) is 2. The van der Waals surface area contributed by atoms with Crippen molar-refractivity contribution < 1.29 is 4.42 Å².